The predicted octanol–water partition coefficient (Wildman–Crippen LogP) is 29.2. The zero-order valence-electron chi connectivity index (χ0n) is 70.8. The first-order valence-electron chi connectivity index (χ1n) is 46.4. The zero-order valence-corrected chi connectivity index (χ0v) is 71.7. The van der Waals surface area contributed by atoms with Crippen LogP contribution in [-0.2, 0) is 42.3 Å². The van der Waals surface area contributed by atoms with Gasteiger partial charge in [-0.05, 0) is 128 Å². The highest BCUT2D eigenvalue weighted by Crippen LogP contribution is 2.50. The van der Waals surface area contributed by atoms with Gasteiger partial charge in [-0.2, -0.15) is 0 Å². The molecule has 0 saturated carbocycles. The maximum Gasteiger partial charge on any atom is 0.473 e. The van der Waals surface area contributed by atoms with E-state index in [0.29, 0.717) is 38.5 Å². The molecule has 0 aliphatic carbocycles. The van der Waals surface area contributed by atoms with Crippen LogP contribution < -0.4 is 0 Å². The van der Waals surface area contributed by atoms with Gasteiger partial charge in [0, 0.05) is 25.7 Å². The monoisotopic (exact) mass is 1530 g/mol. The third-order valence-electron chi connectivity index (χ3n) is 21.5. The number of unbranched alkanes of at least 4 members (excludes halogenated alkanes) is 60. The third kappa shape index (κ3) is 70.8. The normalized spacial score (nSPS) is 13.3. The largest absolute Gasteiger partial charge is 0.473 e. The Bertz CT molecular complexity index is 2040. The van der Waals surface area contributed by atoms with Gasteiger partial charge in [0.05, 0.1) is 13.2 Å². The number of hydrogen-bond donors (Lipinski definition) is 3. The van der Waals surface area contributed by atoms with Crippen molar-refractivity contribution in [2.45, 2.75) is 508 Å². The van der Waals surface area contributed by atoms with Crippen LogP contribution in [0.1, 0.15) is 490 Å². The van der Waals surface area contributed by atoms with Crippen molar-refractivity contribution in [1.82, 2.24) is 0 Å². The average molecular weight is 1530 g/mol. The number of ether oxygens (including phenoxy) is 2. The molecule has 2 unspecified atom stereocenters. The van der Waals surface area contributed by atoms with E-state index in [1.807, 2.05) is 0 Å². The van der Waals surface area contributed by atoms with Crippen LogP contribution in [0.4, 0.5) is 0 Å². The SMILES string of the molecule is CCCCCCCC/C=C\CCCCCCCCCCCC(=O)OC[C@H](COP(=O)(O)OC(C(=O)CCCCCCCCCCC/C=C\CCCCCCCC)(C(=O)CCCCCCCCCCC/C=C\CCCCCCCC)C(O)CO)OC(=O)CCCCCCCCCCC/C=C\CCCCCCCC. The molecule has 0 radical (unpaired) electrons. The molecular formula is C94H175O12P. The van der Waals surface area contributed by atoms with Gasteiger partial charge in [0.1, 0.15) is 12.7 Å². The number of phosphoric ester groups is 1. The summed E-state index contributed by atoms with van der Waals surface area (Å²) in [5, 5.41) is 22.1. The summed E-state index contributed by atoms with van der Waals surface area (Å²) < 4.78 is 37.0. The molecule has 628 valence electrons. The summed E-state index contributed by atoms with van der Waals surface area (Å²) in [4.78, 5) is 67.4. The smallest absolute Gasteiger partial charge is 0.462 e. The number of rotatable bonds is 88. The molecule has 0 aromatic rings. The van der Waals surface area contributed by atoms with Crippen LogP contribution in [0.2, 0.25) is 0 Å². The fourth-order valence-corrected chi connectivity index (χ4v) is 15.5. The minimum absolute atomic E-state index is 0.0879. The van der Waals surface area contributed by atoms with Gasteiger partial charge in [-0.25, -0.2) is 4.57 Å². The number of aliphatic hydroxyl groups excluding tert-OH is 2. The highest BCUT2D eigenvalue weighted by molar-refractivity contribution is 7.47. The van der Waals surface area contributed by atoms with E-state index in [-0.39, 0.29) is 25.7 Å². The lowest BCUT2D eigenvalue weighted by Crippen LogP contribution is -2.58. The van der Waals surface area contributed by atoms with Crippen LogP contribution >= 0.6 is 7.82 Å². The lowest BCUT2D eigenvalue weighted by atomic mass is 9.82. The molecule has 12 nitrogen and oxygen atoms in total. The molecule has 3 atom stereocenters. The summed E-state index contributed by atoms with van der Waals surface area (Å²) in [6, 6.07) is 0. The van der Waals surface area contributed by atoms with Gasteiger partial charge in [-0.3, -0.25) is 28.2 Å². The van der Waals surface area contributed by atoms with Crippen molar-refractivity contribution in [3.05, 3.63) is 48.6 Å². The molecule has 0 aliphatic rings. The third-order valence-corrected chi connectivity index (χ3v) is 22.5. The number of aliphatic hydroxyl groups is 2. The second kappa shape index (κ2) is 82.7. The first kappa shape index (κ1) is 104. The summed E-state index contributed by atoms with van der Waals surface area (Å²) in [5.74, 6) is -2.85. The van der Waals surface area contributed by atoms with E-state index in [4.69, 9.17) is 18.5 Å². The Hall–Kier alpha value is -2.73. The Balaban J connectivity index is 5.80. The number of ketones is 2. The topological polar surface area (TPSA) is 183 Å². The molecule has 0 fully saturated rings. The number of hydrogen-bond acceptors (Lipinski definition) is 11. The Morgan fingerprint density at radius 3 is 0.766 bits per heavy atom. The van der Waals surface area contributed by atoms with Crippen molar-refractivity contribution in [3.63, 3.8) is 0 Å². The molecule has 0 heterocycles. The van der Waals surface area contributed by atoms with Gasteiger partial charge in [0.15, 0.2) is 17.7 Å². The number of carbonyl (C=O) groups excluding carboxylic acids is 4. The van der Waals surface area contributed by atoms with Gasteiger partial charge in [-0.15, -0.1) is 0 Å². The molecule has 0 aromatic heterocycles. The summed E-state index contributed by atoms with van der Waals surface area (Å²) in [6.07, 6.45) is 92.9. The van der Waals surface area contributed by atoms with Crippen LogP contribution in [0.5, 0.6) is 0 Å². The highest BCUT2D eigenvalue weighted by atomic mass is 31.2. The van der Waals surface area contributed by atoms with Gasteiger partial charge in [-0.1, -0.05) is 385 Å². The second-order valence-electron chi connectivity index (χ2n) is 31.9. The summed E-state index contributed by atoms with van der Waals surface area (Å²) in [7, 11) is -5.46. The molecule has 3 N–H and O–H groups in total. The number of carbonyl (C=O) groups is 4. The van der Waals surface area contributed by atoms with Crippen molar-refractivity contribution >= 4 is 31.3 Å². The fourth-order valence-electron chi connectivity index (χ4n) is 14.4. The highest BCUT2D eigenvalue weighted by Gasteiger charge is 2.56. The summed E-state index contributed by atoms with van der Waals surface area (Å²) in [6.45, 7) is 6.73. The van der Waals surface area contributed by atoms with Gasteiger partial charge >= 0.3 is 19.8 Å². The Kier molecular flexibility index (Phi) is 80.6. The Morgan fingerprint density at radius 2 is 0.523 bits per heavy atom. The lowest BCUT2D eigenvalue weighted by Gasteiger charge is -2.35. The molecule has 107 heavy (non-hydrogen) atoms. The zero-order chi connectivity index (χ0) is 78.0. The number of allylic oxidation sites excluding steroid dienone is 8. The molecule has 0 amide bonds. The Morgan fingerprint density at radius 1 is 0.308 bits per heavy atom. The van der Waals surface area contributed by atoms with Crippen LogP contribution in [-0.4, -0.2) is 76.2 Å². The standard InChI is InChI=1S/C94H175O12P/c1-5-9-13-17-21-25-29-33-37-41-45-49-53-57-61-65-69-73-77-81-89(96)94(91(98)85-95,90(97)82-78-74-70-66-62-58-54-50-46-42-38-34-30-26-22-18-14-10-6-2)106-107(101,102)104-87-88(105-93(100)84-80-76-72-68-64-60-56-52-48-44-40-36-32-28-24-20-16-12-8-4)86-103-92(99)83-79-75-71-67-63-59-55-51-47-43-39-35-31-27-23-19-15-11-7-3/h33-40,88,91,95,98H,5-32,41-87H2,1-4H3,(H,101,102)/b37-33-,38-34-,39-35-,40-36-/t88-,91?/m1/s1. The van der Waals surface area contributed by atoms with Crippen molar-refractivity contribution < 1.29 is 57.4 Å². The molecular weight excluding hydrogens is 1350 g/mol. The predicted molar refractivity (Wildman–Crippen MR) is 455 cm³/mol. The second-order valence-corrected chi connectivity index (χ2v) is 33.3. The number of Topliss-reactive ketones (excluding diaryl/α,β-unsaturated/α-hetero) is 2. The van der Waals surface area contributed by atoms with E-state index in [2.05, 4.69) is 76.3 Å². The van der Waals surface area contributed by atoms with Crippen molar-refractivity contribution in [1.29, 1.82) is 0 Å². The summed E-state index contributed by atoms with van der Waals surface area (Å²) in [5.41, 5.74) is -2.89. The first-order valence-corrected chi connectivity index (χ1v) is 47.9. The van der Waals surface area contributed by atoms with Gasteiger partial charge in [0.25, 0.3) is 0 Å². The average Bonchev–Trinajstić information content (AvgIpc) is 0.773. The van der Waals surface area contributed by atoms with Crippen molar-refractivity contribution in [2.24, 2.45) is 0 Å². The molecule has 0 saturated heterocycles. The van der Waals surface area contributed by atoms with Gasteiger partial charge < -0.3 is 24.6 Å². The van der Waals surface area contributed by atoms with E-state index in [9.17, 15) is 38.8 Å². The van der Waals surface area contributed by atoms with E-state index in [1.54, 1.807) is 0 Å². The van der Waals surface area contributed by atoms with Crippen LogP contribution in [0.25, 0.3) is 0 Å². The minimum Gasteiger partial charge on any atom is -0.462 e. The maximum absolute atomic E-state index is 14.6. The maximum atomic E-state index is 14.6. The minimum atomic E-state index is -5.46. The van der Waals surface area contributed by atoms with E-state index in [0.717, 1.165) is 122 Å². The van der Waals surface area contributed by atoms with Crippen LogP contribution in [0, 0.1) is 0 Å². The van der Waals surface area contributed by atoms with E-state index < -0.39 is 69.0 Å². The van der Waals surface area contributed by atoms with E-state index >= 15 is 0 Å². The van der Waals surface area contributed by atoms with Gasteiger partial charge in [0.2, 0.25) is 5.60 Å². The van der Waals surface area contributed by atoms with E-state index in [1.165, 1.54) is 276 Å². The fraction of sp³-hybridized carbons (Fsp3) is 0.872. The van der Waals surface area contributed by atoms with Crippen molar-refractivity contribution in [2.75, 3.05) is 19.8 Å². The first-order chi connectivity index (χ1) is 52.4. The quantitative estimate of drug-likeness (QED) is 0.0172. The molecule has 0 rings (SSSR count). The molecule has 0 aromatic carbocycles. The number of esters is 2. The lowest BCUT2D eigenvalue weighted by molar-refractivity contribution is -0.166. The Labute approximate surface area is 661 Å². The molecule has 0 aliphatic heterocycles. The molecule has 13 heteroatoms. The van der Waals surface area contributed by atoms with Crippen LogP contribution in [0.15, 0.2) is 48.6 Å². The summed E-state index contributed by atoms with van der Waals surface area (Å²) >= 11 is 0. The molecule has 0 spiro atoms. The van der Waals surface area contributed by atoms with Crippen LogP contribution in [0.3, 0.4) is 0 Å². The number of phosphoric acid groups is 1. The van der Waals surface area contributed by atoms with Crippen molar-refractivity contribution in [3.8, 4) is 0 Å². The molecule has 0 bridgehead atoms.